The summed E-state index contributed by atoms with van der Waals surface area (Å²) in [6.07, 6.45) is -2.16. The topological polar surface area (TPSA) is 373 Å². The van der Waals surface area contributed by atoms with Gasteiger partial charge in [-0.3, -0.25) is 18.3 Å². The molecular formula is C66H55N3O21P4. The van der Waals surface area contributed by atoms with Crippen LogP contribution in [0.5, 0.6) is 34.5 Å². The van der Waals surface area contributed by atoms with E-state index in [2.05, 4.69) is 16.0 Å². The predicted octanol–water partition coefficient (Wildman–Crippen LogP) is 11.6. The van der Waals surface area contributed by atoms with Crippen molar-refractivity contribution < 1.29 is 100 Å². The Morgan fingerprint density at radius 3 is 0.989 bits per heavy atom. The fourth-order valence-corrected chi connectivity index (χ4v) is 14.8. The van der Waals surface area contributed by atoms with Gasteiger partial charge in [0, 0.05) is 92.4 Å². The molecule has 6 aliphatic heterocycles. The number of benzene rings is 9. The van der Waals surface area contributed by atoms with Gasteiger partial charge in [-0.05, 0) is 96.4 Å². The van der Waals surface area contributed by atoms with Crippen molar-refractivity contribution in [2.75, 3.05) is 35.6 Å². The zero-order chi connectivity index (χ0) is 66.5. The lowest BCUT2D eigenvalue weighted by Gasteiger charge is -2.37. The summed E-state index contributed by atoms with van der Waals surface area (Å²) in [6.45, 7) is 2.02. The van der Waals surface area contributed by atoms with Crippen LogP contribution in [0.15, 0.2) is 182 Å². The van der Waals surface area contributed by atoms with Crippen molar-refractivity contribution in [2.45, 2.75) is 36.1 Å². The van der Waals surface area contributed by atoms with E-state index in [0.717, 1.165) is 33.7 Å². The molecule has 6 aliphatic rings. The highest BCUT2D eigenvalue weighted by Gasteiger charge is 2.56. The SMILES string of the molecule is CNc1ccc2c(c1)Oc1cc(C)ccc1C21OC(=O)c2ccccc21.O=C1OC2(c3ccc(CP(=O)(O)O)cc3Oc3cc(NCP(=O)(O)O)ccc32)c2ccccc21.O=C1OC2(c3ccc(CP(=O)(O)O)cc3Oc3cc(NCP(=O)(O)O)ccc32)c2ccccc21. The van der Waals surface area contributed by atoms with E-state index >= 15 is 0 Å². The number of rotatable bonds is 11. The number of carbonyl (C=O) groups excluding carboxylic acids is 3. The summed E-state index contributed by atoms with van der Waals surface area (Å²) in [7, 11) is -15.5. The maximum atomic E-state index is 12.8. The van der Waals surface area contributed by atoms with Crippen molar-refractivity contribution in [1.82, 2.24) is 0 Å². The van der Waals surface area contributed by atoms with Gasteiger partial charge in [-0.25, -0.2) is 14.4 Å². The van der Waals surface area contributed by atoms with Gasteiger partial charge < -0.3 is 83.5 Å². The molecule has 0 aromatic heterocycles. The number of hydrogen-bond acceptors (Lipinski definition) is 16. The molecule has 0 bridgehead atoms. The van der Waals surface area contributed by atoms with Crippen molar-refractivity contribution in [3.8, 4) is 34.5 Å². The molecule has 94 heavy (non-hydrogen) atoms. The van der Waals surface area contributed by atoms with E-state index < -0.39 is 84.0 Å². The first-order valence-corrected chi connectivity index (χ1v) is 35.9. The molecule has 9 aromatic rings. The number of ether oxygens (including phenoxy) is 6. The summed E-state index contributed by atoms with van der Waals surface area (Å²) in [4.78, 5) is 113. The summed E-state index contributed by atoms with van der Waals surface area (Å²) in [5.41, 5.74) is 6.79. The average Bonchev–Trinajstić information content (AvgIpc) is 1.45. The van der Waals surface area contributed by atoms with Crippen LogP contribution in [0.1, 0.15) is 97.8 Å². The maximum absolute atomic E-state index is 12.8. The minimum atomic E-state index is -4.34. The third kappa shape index (κ3) is 11.6. The van der Waals surface area contributed by atoms with Crippen molar-refractivity contribution in [3.05, 3.63) is 265 Å². The number of carbonyl (C=O) groups is 3. The van der Waals surface area contributed by atoms with Crippen LogP contribution >= 0.6 is 30.4 Å². The number of esters is 3. The molecule has 9 aromatic carbocycles. The Morgan fingerprint density at radius 2 is 0.649 bits per heavy atom. The molecule has 3 spiro atoms. The molecule has 11 N–H and O–H groups in total. The molecule has 3 unspecified atom stereocenters. The van der Waals surface area contributed by atoms with Crippen LogP contribution in [-0.4, -0.2) is 76.7 Å². The highest BCUT2D eigenvalue weighted by atomic mass is 31.2. The third-order valence-electron chi connectivity index (χ3n) is 16.5. The molecular weight excluding hydrogens is 1290 g/mol. The zero-order valence-electron chi connectivity index (χ0n) is 49.3. The van der Waals surface area contributed by atoms with E-state index in [9.17, 15) is 71.8 Å². The van der Waals surface area contributed by atoms with E-state index in [1.165, 1.54) is 24.3 Å². The highest BCUT2D eigenvalue weighted by molar-refractivity contribution is 7.52. The van der Waals surface area contributed by atoms with Crippen LogP contribution < -0.4 is 30.2 Å². The Labute approximate surface area is 534 Å². The molecule has 0 fully saturated rings. The van der Waals surface area contributed by atoms with Gasteiger partial charge in [0.05, 0.1) is 29.0 Å². The molecule has 0 amide bonds. The number of nitrogens with one attached hydrogen (secondary N) is 3. The summed E-state index contributed by atoms with van der Waals surface area (Å²) in [5.74, 6) is 1.06. The fourth-order valence-electron chi connectivity index (χ4n) is 12.7. The van der Waals surface area contributed by atoms with Gasteiger partial charge in [0.2, 0.25) is 0 Å². The second-order valence-corrected chi connectivity index (χ2v) is 29.4. The lowest BCUT2D eigenvalue weighted by molar-refractivity contribution is 0.0214. The molecule has 3 atom stereocenters. The first kappa shape index (κ1) is 63.5. The lowest BCUT2D eigenvalue weighted by Crippen LogP contribution is -2.33. The Balaban J connectivity index is 0.000000129. The van der Waals surface area contributed by atoms with E-state index in [-0.39, 0.29) is 29.0 Å². The first-order chi connectivity index (χ1) is 44.6. The van der Waals surface area contributed by atoms with Gasteiger partial charge in [-0.15, -0.1) is 0 Å². The van der Waals surface area contributed by atoms with E-state index in [1.54, 1.807) is 97.1 Å². The van der Waals surface area contributed by atoms with Gasteiger partial charge in [-0.2, -0.15) is 0 Å². The maximum Gasteiger partial charge on any atom is 0.344 e. The van der Waals surface area contributed by atoms with Crippen molar-refractivity contribution in [3.63, 3.8) is 0 Å². The van der Waals surface area contributed by atoms with Crippen LogP contribution in [-0.2, 0) is 61.6 Å². The van der Waals surface area contributed by atoms with E-state index in [0.29, 0.717) is 78.3 Å². The predicted molar refractivity (Wildman–Crippen MR) is 341 cm³/mol. The number of fused-ring (bicyclic) bond motifs is 18. The molecule has 6 heterocycles. The van der Waals surface area contributed by atoms with Gasteiger partial charge in [0.25, 0.3) is 0 Å². The quantitative estimate of drug-likeness (QED) is 0.0325. The first-order valence-electron chi connectivity index (χ1n) is 28.7. The number of aryl methyl sites for hydroxylation is 1. The number of hydrogen-bond donors (Lipinski definition) is 11. The van der Waals surface area contributed by atoms with Crippen molar-refractivity contribution >= 4 is 65.4 Å². The molecule has 0 saturated heterocycles. The van der Waals surface area contributed by atoms with Crippen LogP contribution in [0, 0.1) is 6.92 Å². The van der Waals surface area contributed by atoms with Crippen molar-refractivity contribution in [1.29, 1.82) is 0 Å². The third-order valence-corrected chi connectivity index (χ3v) is 19.2. The molecule has 0 saturated carbocycles. The molecule has 28 heteroatoms. The minimum absolute atomic E-state index is 0.245. The molecule has 480 valence electrons. The zero-order valence-corrected chi connectivity index (χ0v) is 52.9. The standard InChI is InChI=1S/2C22H19NO9P2.C22H17NO3/c2*24-21-15-3-1-2-4-16(15)22(32-21)17-7-5-13(11-33(25,26)27)9-19(17)31-20-10-14(6-8-18(20)22)23-12-34(28,29)30;1-13-7-9-17-19(11-13)25-20-12-14(23-2)8-10-18(20)22(17)16-6-4-3-5-15(16)21(24)26-22/h2*1-10,23H,11-12H2,(H2,25,26,27)(H2,28,29,30);3-12,23H,1-2H3. The van der Waals surface area contributed by atoms with Crippen LogP contribution in [0.3, 0.4) is 0 Å². The van der Waals surface area contributed by atoms with E-state index in [1.807, 2.05) is 74.6 Å². The molecule has 24 nitrogen and oxygen atoms in total. The Kier molecular flexibility index (Phi) is 15.8. The second-order valence-electron chi connectivity index (χ2n) is 22.8. The molecule has 15 rings (SSSR count). The van der Waals surface area contributed by atoms with Gasteiger partial charge >= 0.3 is 48.3 Å². The molecule has 0 aliphatic carbocycles. The second kappa shape index (κ2) is 23.4. The summed E-state index contributed by atoms with van der Waals surface area (Å²) >= 11 is 0. The van der Waals surface area contributed by atoms with Gasteiger partial charge in [0.1, 0.15) is 47.1 Å². The monoisotopic (exact) mass is 1350 g/mol. The number of anilines is 3. The van der Waals surface area contributed by atoms with Gasteiger partial charge in [-0.1, -0.05) is 91.0 Å². The summed E-state index contributed by atoms with van der Waals surface area (Å²) < 4.78 is 82.0. The van der Waals surface area contributed by atoms with E-state index in [4.69, 9.17) is 28.4 Å². The smallest absolute Gasteiger partial charge is 0.344 e. The Morgan fingerprint density at radius 1 is 0.351 bits per heavy atom. The fraction of sp³-hybridized carbons (Fsp3) is 0.136. The van der Waals surface area contributed by atoms with Crippen LogP contribution in [0.2, 0.25) is 0 Å². The van der Waals surface area contributed by atoms with Gasteiger partial charge in [0.15, 0.2) is 16.8 Å². The Bertz CT molecular complexity index is 4670. The average molecular weight is 1350 g/mol. The Hall–Kier alpha value is -9.21. The van der Waals surface area contributed by atoms with Crippen LogP contribution in [0.25, 0.3) is 0 Å². The minimum Gasteiger partial charge on any atom is -0.456 e. The summed E-state index contributed by atoms with van der Waals surface area (Å²) in [6, 6.07) is 52.2. The normalized spacial score (nSPS) is 18.7. The van der Waals surface area contributed by atoms with Crippen molar-refractivity contribution in [2.24, 2.45) is 0 Å². The summed E-state index contributed by atoms with van der Waals surface area (Å²) in [5, 5.41) is 8.44. The lowest BCUT2D eigenvalue weighted by atomic mass is 9.77. The molecule has 0 radical (unpaired) electrons. The largest absolute Gasteiger partial charge is 0.456 e. The van der Waals surface area contributed by atoms with Crippen LogP contribution in [0.4, 0.5) is 17.1 Å². The highest BCUT2D eigenvalue weighted by Crippen LogP contribution is 2.61.